The van der Waals surface area contributed by atoms with Crippen LogP contribution in [-0.4, -0.2) is 28.4 Å². The summed E-state index contributed by atoms with van der Waals surface area (Å²) < 4.78 is 0. The number of carbonyl (C=O) groups excluding carboxylic acids is 2. The van der Waals surface area contributed by atoms with Crippen LogP contribution in [0.5, 0.6) is 0 Å². The van der Waals surface area contributed by atoms with Gasteiger partial charge in [-0.2, -0.15) is 0 Å². The third-order valence-electron chi connectivity index (χ3n) is 2.14. The number of hydrogen-bond donors (Lipinski definition) is 1. The zero-order chi connectivity index (χ0) is 10.8. The van der Waals surface area contributed by atoms with Gasteiger partial charge in [0.05, 0.1) is 6.54 Å². The van der Waals surface area contributed by atoms with Gasteiger partial charge in [-0.05, 0) is 6.92 Å². The van der Waals surface area contributed by atoms with Gasteiger partial charge in [-0.15, -0.1) is 11.3 Å². The molecular formula is C9H11N3O2S. The Labute approximate surface area is 91.1 Å². The molecule has 5 nitrogen and oxygen atoms in total. The van der Waals surface area contributed by atoms with Crippen molar-refractivity contribution in [2.24, 2.45) is 0 Å². The normalized spacial score (nSPS) is 16.7. The van der Waals surface area contributed by atoms with E-state index in [1.165, 1.54) is 0 Å². The van der Waals surface area contributed by atoms with Gasteiger partial charge in [0.2, 0.25) is 5.91 Å². The summed E-state index contributed by atoms with van der Waals surface area (Å²) in [7, 11) is 0. The predicted molar refractivity (Wildman–Crippen MR) is 55.4 cm³/mol. The van der Waals surface area contributed by atoms with Crippen molar-refractivity contribution in [3.05, 3.63) is 16.1 Å². The lowest BCUT2D eigenvalue weighted by Crippen LogP contribution is -2.48. The zero-order valence-electron chi connectivity index (χ0n) is 8.32. The van der Waals surface area contributed by atoms with E-state index >= 15 is 0 Å². The third kappa shape index (κ3) is 2.33. The highest BCUT2D eigenvalue weighted by Crippen LogP contribution is 2.14. The topological polar surface area (TPSA) is 62.3 Å². The van der Waals surface area contributed by atoms with Crippen LogP contribution in [-0.2, 0) is 11.3 Å². The number of amides is 3. The van der Waals surface area contributed by atoms with Crippen LogP contribution in [0.4, 0.5) is 4.79 Å². The fourth-order valence-corrected chi connectivity index (χ4v) is 2.19. The van der Waals surface area contributed by atoms with Crippen molar-refractivity contribution in [3.8, 4) is 0 Å². The summed E-state index contributed by atoms with van der Waals surface area (Å²) >= 11 is 1.57. The van der Waals surface area contributed by atoms with Gasteiger partial charge in [0.25, 0.3) is 0 Å². The van der Waals surface area contributed by atoms with Gasteiger partial charge in [0, 0.05) is 24.0 Å². The van der Waals surface area contributed by atoms with E-state index in [4.69, 9.17) is 0 Å². The van der Waals surface area contributed by atoms with Crippen molar-refractivity contribution >= 4 is 23.3 Å². The largest absolute Gasteiger partial charge is 0.324 e. The van der Waals surface area contributed by atoms with E-state index < -0.39 is 0 Å². The number of nitrogens with one attached hydrogen (secondary N) is 1. The molecule has 1 aromatic heterocycles. The van der Waals surface area contributed by atoms with E-state index in [1.807, 2.05) is 6.92 Å². The van der Waals surface area contributed by atoms with Crippen LogP contribution in [0.25, 0.3) is 0 Å². The lowest BCUT2D eigenvalue weighted by molar-refractivity contribution is -0.121. The van der Waals surface area contributed by atoms with Crippen LogP contribution in [0.1, 0.15) is 16.3 Å². The molecule has 0 aromatic carbocycles. The second-order valence-electron chi connectivity index (χ2n) is 3.39. The van der Waals surface area contributed by atoms with Crippen molar-refractivity contribution in [3.63, 3.8) is 0 Å². The number of aromatic nitrogens is 1. The maximum absolute atomic E-state index is 11.4. The van der Waals surface area contributed by atoms with Crippen LogP contribution in [0, 0.1) is 6.92 Å². The van der Waals surface area contributed by atoms with Gasteiger partial charge in [-0.1, -0.05) is 0 Å². The maximum atomic E-state index is 11.4. The molecule has 15 heavy (non-hydrogen) atoms. The van der Waals surface area contributed by atoms with Crippen molar-refractivity contribution in [1.29, 1.82) is 0 Å². The Morgan fingerprint density at radius 1 is 1.60 bits per heavy atom. The molecule has 1 aliphatic heterocycles. The molecule has 6 heteroatoms. The summed E-state index contributed by atoms with van der Waals surface area (Å²) in [6, 6.07) is -0.320. The monoisotopic (exact) mass is 225 g/mol. The van der Waals surface area contributed by atoms with E-state index in [1.54, 1.807) is 22.4 Å². The van der Waals surface area contributed by atoms with Crippen LogP contribution in [0.15, 0.2) is 6.20 Å². The van der Waals surface area contributed by atoms with Gasteiger partial charge in [0.15, 0.2) is 0 Å². The Morgan fingerprint density at radius 2 is 2.40 bits per heavy atom. The van der Waals surface area contributed by atoms with E-state index in [9.17, 15) is 9.59 Å². The fraction of sp³-hybridized carbons (Fsp3) is 0.444. The number of carbonyl (C=O) groups is 2. The smallest absolute Gasteiger partial charge is 0.317 e. The summed E-state index contributed by atoms with van der Waals surface area (Å²) in [6.07, 6.45) is 2.16. The summed E-state index contributed by atoms with van der Waals surface area (Å²) in [6.45, 7) is 2.93. The molecule has 3 amide bonds. The lowest BCUT2D eigenvalue weighted by Gasteiger charge is -2.25. The van der Waals surface area contributed by atoms with Gasteiger partial charge < -0.3 is 4.90 Å². The van der Waals surface area contributed by atoms with Gasteiger partial charge in [-0.25, -0.2) is 9.78 Å². The zero-order valence-corrected chi connectivity index (χ0v) is 9.13. The van der Waals surface area contributed by atoms with Crippen LogP contribution in [0.3, 0.4) is 0 Å². The van der Waals surface area contributed by atoms with Crippen molar-refractivity contribution in [1.82, 2.24) is 15.2 Å². The number of aryl methyl sites for hydroxylation is 1. The Bertz CT molecular complexity index is 402. The van der Waals surface area contributed by atoms with Crippen molar-refractivity contribution in [2.45, 2.75) is 19.9 Å². The van der Waals surface area contributed by atoms with Crippen LogP contribution < -0.4 is 5.32 Å². The minimum Gasteiger partial charge on any atom is -0.317 e. The van der Waals surface area contributed by atoms with E-state index in [0.717, 1.165) is 9.88 Å². The molecule has 1 saturated heterocycles. The lowest BCUT2D eigenvalue weighted by atomic mass is 10.3. The van der Waals surface area contributed by atoms with Crippen molar-refractivity contribution in [2.75, 3.05) is 6.54 Å². The SMILES string of the molecule is Cc1cnc(CN2CCC(=O)NC2=O)s1. The number of thiazole rings is 1. The first kappa shape index (κ1) is 10.1. The molecule has 0 bridgehead atoms. The third-order valence-corrected chi connectivity index (χ3v) is 3.04. The Hall–Kier alpha value is -1.43. The molecule has 1 N–H and O–H groups in total. The van der Waals surface area contributed by atoms with E-state index in [0.29, 0.717) is 19.5 Å². The molecule has 1 aromatic rings. The van der Waals surface area contributed by atoms with Gasteiger partial charge >= 0.3 is 6.03 Å². The number of urea groups is 1. The van der Waals surface area contributed by atoms with E-state index in [2.05, 4.69) is 10.3 Å². The summed E-state index contributed by atoms with van der Waals surface area (Å²) in [5.41, 5.74) is 0. The Morgan fingerprint density at radius 3 is 3.00 bits per heavy atom. The second-order valence-corrected chi connectivity index (χ2v) is 4.71. The molecule has 0 spiro atoms. The minimum absolute atomic E-state index is 0.202. The average Bonchev–Trinajstić information content (AvgIpc) is 2.56. The van der Waals surface area contributed by atoms with Gasteiger partial charge in [0.1, 0.15) is 5.01 Å². The molecule has 80 valence electrons. The summed E-state index contributed by atoms with van der Waals surface area (Å²) in [5, 5.41) is 3.18. The molecule has 2 rings (SSSR count). The summed E-state index contributed by atoms with van der Waals surface area (Å²) in [5.74, 6) is -0.202. The minimum atomic E-state index is -0.320. The summed E-state index contributed by atoms with van der Waals surface area (Å²) in [4.78, 5) is 29.2. The average molecular weight is 225 g/mol. The first-order chi connectivity index (χ1) is 7.15. The Kier molecular flexibility index (Phi) is 2.68. The van der Waals surface area contributed by atoms with Crippen LogP contribution >= 0.6 is 11.3 Å². The first-order valence-electron chi connectivity index (χ1n) is 4.65. The molecule has 0 saturated carbocycles. The number of rotatable bonds is 2. The highest BCUT2D eigenvalue weighted by Gasteiger charge is 2.23. The molecule has 0 aliphatic carbocycles. The number of nitrogens with zero attached hydrogens (tertiary/aromatic N) is 2. The van der Waals surface area contributed by atoms with Crippen molar-refractivity contribution < 1.29 is 9.59 Å². The number of imide groups is 1. The van der Waals surface area contributed by atoms with Gasteiger partial charge in [-0.3, -0.25) is 10.1 Å². The second kappa shape index (κ2) is 3.98. The number of hydrogen-bond acceptors (Lipinski definition) is 4. The fourth-order valence-electron chi connectivity index (χ4n) is 1.39. The maximum Gasteiger partial charge on any atom is 0.324 e. The van der Waals surface area contributed by atoms with Crippen LogP contribution in [0.2, 0.25) is 0 Å². The standard InChI is InChI=1S/C9H11N3O2S/c1-6-4-10-8(15-6)5-12-3-2-7(13)11-9(12)14/h4H,2-3,5H2,1H3,(H,11,13,14). The molecule has 2 heterocycles. The molecule has 0 radical (unpaired) electrons. The Balaban J connectivity index is 2.00. The predicted octanol–water partition coefficient (Wildman–Crippen LogP) is 0.893. The highest BCUT2D eigenvalue weighted by atomic mass is 32.1. The molecule has 0 unspecified atom stereocenters. The quantitative estimate of drug-likeness (QED) is 0.813. The highest BCUT2D eigenvalue weighted by molar-refractivity contribution is 7.11. The molecule has 1 aliphatic rings. The first-order valence-corrected chi connectivity index (χ1v) is 5.47. The molecule has 1 fully saturated rings. The molecular weight excluding hydrogens is 214 g/mol. The molecule has 0 atom stereocenters. The van der Waals surface area contributed by atoms with E-state index in [-0.39, 0.29) is 11.9 Å².